The second-order valence-electron chi connectivity index (χ2n) is 4.60. The van der Waals surface area contributed by atoms with E-state index in [4.69, 9.17) is 10.9 Å². The first-order chi connectivity index (χ1) is 9.58. The molecule has 1 heterocycles. The Balaban J connectivity index is 2.15. The minimum absolute atomic E-state index is 0.105. The number of oxime groups is 1. The highest BCUT2D eigenvalue weighted by atomic mass is 32.2. The molecule has 2 rings (SSSR count). The maximum Gasteiger partial charge on any atom is 0.170 e. The number of nitrogens with zero attached hydrogens (tertiary/aromatic N) is 2. The predicted molar refractivity (Wildman–Crippen MR) is 82.2 cm³/mol. The standard InChI is InChI=1S/C15H17N3OS/c1-10-4-3-5-12(6-10)9-20-14-8-13(15(16)18-19)7-11(2)17-14/h3-8,19H,9H2,1-2H3,(H2,16,18). The molecule has 20 heavy (non-hydrogen) atoms. The van der Waals surface area contributed by atoms with Crippen molar-refractivity contribution in [1.82, 2.24) is 4.98 Å². The highest BCUT2D eigenvalue weighted by molar-refractivity contribution is 7.98. The van der Waals surface area contributed by atoms with Gasteiger partial charge in [-0.2, -0.15) is 0 Å². The Morgan fingerprint density at radius 3 is 2.80 bits per heavy atom. The van der Waals surface area contributed by atoms with E-state index in [1.54, 1.807) is 17.8 Å². The molecular formula is C15H17N3OS. The van der Waals surface area contributed by atoms with Gasteiger partial charge in [-0.1, -0.05) is 35.0 Å². The van der Waals surface area contributed by atoms with Crippen LogP contribution in [0.2, 0.25) is 0 Å². The van der Waals surface area contributed by atoms with E-state index in [9.17, 15) is 0 Å². The van der Waals surface area contributed by atoms with Crippen molar-refractivity contribution in [2.24, 2.45) is 10.9 Å². The lowest BCUT2D eigenvalue weighted by Crippen LogP contribution is -2.13. The molecule has 0 aliphatic carbocycles. The van der Waals surface area contributed by atoms with Gasteiger partial charge in [0, 0.05) is 17.0 Å². The van der Waals surface area contributed by atoms with Crippen LogP contribution in [-0.2, 0) is 5.75 Å². The van der Waals surface area contributed by atoms with Gasteiger partial charge in [0.05, 0.1) is 5.03 Å². The number of pyridine rings is 1. The minimum atomic E-state index is 0.105. The van der Waals surface area contributed by atoms with Crippen LogP contribution >= 0.6 is 11.8 Å². The first kappa shape index (κ1) is 14.4. The Hall–Kier alpha value is -2.01. The summed E-state index contributed by atoms with van der Waals surface area (Å²) in [7, 11) is 0. The first-order valence-corrected chi connectivity index (χ1v) is 7.22. The normalized spacial score (nSPS) is 11.6. The van der Waals surface area contributed by atoms with Crippen LogP contribution in [0, 0.1) is 13.8 Å². The van der Waals surface area contributed by atoms with Crippen LogP contribution in [0.5, 0.6) is 0 Å². The fraction of sp³-hybridized carbons (Fsp3) is 0.200. The molecule has 4 nitrogen and oxygen atoms in total. The lowest BCUT2D eigenvalue weighted by Gasteiger charge is -2.06. The van der Waals surface area contributed by atoms with Crippen molar-refractivity contribution in [2.45, 2.75) is 24.6 Å². The number of aryl methyl sites for hydroxylation is 2. The minimum Gasteiger partial charge on any atom is -0.409 e. The summed E-state index contributed by atoms with van der Waals surface area (Å²) in [5, 5.41) is 12.6. The van der Waals surface area contributed by atoms with E-state index in [0.717, 1.165) is 16.5 Å². The van der Waals surface area contributed by atoms with E-state index in [-0.39, 0.29) is 5.84 Å². The number of hydrogen-bond donors (Lipinski definition) is 2. The third-order valence-electron chi connectivity index (χ3n) is 2.80. The molecule has 0 unspecified atom stereocenters. The lowest BCUT2D eigenvalue weighted by molar-refractivity contribution is 0.318. The van der Waals surface area contributed by atoms with Crippen molar-refractivity contribution >= 4 is 17.6 Å². The van der Waals surface area contributed by atoms with Crippen molar-refractivity contribution in [3.05, 3.63) is 58.8 Å². The van der Waals surface area contributed by atoms with Crippen LogP contribution in [0.15, 0.2) is 46.6 Å². The van der Waals surface area contributed by atoms with Gasteiger partial charge in [0.1, 0.15) is 0 Å². The third-order valence-corrected chi connectivity index (χ3v) is 3.79. The van der Waals surface area contributed by atoms with Crippen LogP contribution < -0.4 is 5.73 Å². The quantitative estimate of drug-likeness (QED) is 0.298. The van der Waals surface area contributed by atoms with E-state index in [0.29, 0.717) is 5.56 Å². The average Bonchev–Trinajstić information content (AvgIpc) is 2.44. The molecule has 2 aromatic rings. The number of nitrogens with two attached hydrogens (primary N) is 1. The zero-order chi connectivity index (χ0) is 14.5. The van der Waals surface area contributed by atoms with Crippen molar-refractivity contribution in [3.63, 3.8) is 0 Å². The topological polar surface area (TPSA) is 71.5 Å². The molecule has 0 saturated heterocycles. The van der Waals surface area contributed by atoms with Crippen molar-refractivity contribution in [1.29, 1.82) is 0 Å². The number of benzene rings is 1. The summed E-state index contributed by atoms with van der Waals surface area (Å²) in [6.07, 6.45) is 0. The highest BCUT2D eigenvalue weighted by Crippen LogP contribution is 2.23. The van der Waals surface area contributed by atoms with Gasteiger partial charge in [-0.25, -0.2) is 4.98 Å². The Morgan fingerprint density at radius 2 is 2.10 bits per heavy atom. The Bertz CT molecular complexity index is 641. The molecular weight excluding hydrogens is 270 g/mol. The summed E-state index contributed by atoms with van der Waals surface area (Å²) >= 11 is 1.64. The van der Waals surface area contributed by atoms with Gasteiger partial charge in [-0.05, 0) is 31.5 Å². The average molecular weight is 287 g/mol. The largest absolute Gasteiger partial charge is 0.409 e. The third kappa shape index (κ3) is 3.74. The molecule has 0 aliphatic heterocycles. The number of rotatable bonds is 4. The van der Waals surface area contributed by atoms with Crippen LogP contribution in [0.4, 0.5) is 0 Å². The molecule has 1 aromatic heterocycles. The molecule has 0 amide bonds. The lowest BCUT2D eigenvalue weighted by atomic mass is 10.2. The fourth-order valence-electron chi connectivity index (χ4n) is 1.88. The van der Waals surface area contributed by atoms with Gasteiger partial charge < -0.3 is 10.9 Å². The number of aromatic nitrogens is 1. The zero-order valence-electron chi connectivity index (χ0n) is 11.5. The molecule has 0 atom stereocenters. The highest BCUT2D eigenvalue weighted by Gasteiger charge is 2.05. The van der Waals surface area contributed by atoms with Crippen LogP contribution in [0.1, 0.15) is 22.4 Å². The molecule has 104 valence electrons. The molecule has 5 heteroatoms. The molecule has 3 N–H and O–H groups in total. The summed E-state index contributed by atoms with van der Waals surface area (Å²) in [5.74, 6) is 0.946. The number of thioether (sulfide) groups is 1. The van der Waals surface area contributed by atoms with Crippen molar-refractivity contribution in [3.8, 4) is 0 Å². The van der Waals surface area contributed by atoms with Gasteiger partial charge in [0.25, 0.3) is 0 Å². The molecule has 0 radical (unpaired) electrons. The van der Waals surface area contributed by atoms with Crippen molar-refractivity contribution in [2.75, 3.05) is 0 Å². The maximum atomic E-state index is 8.74. The van der Waals surface area contributed by atoms with Gasteiger partial charge in [-0.15, -0.1) is 11.8 Å². The second kappa shape index (κ2) is 6.43. The smallest absolute Gasteiger partial charge is 0.170 e. The molecule has 0 fully saturated rings. The van der Waals surface area contributed by atoms with E-state index in [2.05, 4.69) is 41.3 Å². The van der Waals surface area contributed by atoms with Gasteiger partial charge >= 0.3 is 0 Å². The van der Waals surface area contributed by atoms with Crippen molar-refractivity contribution < 1.29 is 5.21 Å². The van der Waals surface area contributed by atoms with Crippen LogP contribution in [-0.4, -0.2) is 16.0 Å². The maximum absolute atomic E-state index is 8.74. The summed E-state index contributed by atoms with van der Waals surface area (Å²) in [6, 6.07) is 12.0. The predicted octanol–water partition coefficient (Wildman–Crippen LogP) is 3.09. The van der Waals surface area contributed by atoms with E-state index < -0.39 is 0 Å². The SMILES string of the molecule is Cc1cccc(CSc2cc(/C(N)=N/O)cc(C)n2)c1. The molecule has 0 spiro atoms. The molecule has 0 bridgehead atoms. The monoisotopic (exact) mass is 287 g/mol. The summed E-state index contributed by atoms with van der Waals surface area (Å²) < 4.78 is 0. The Morgan fingerprint density at radius 1 is 1.30 bits per heavy atom. The molecule has 0 aliphatic rings. The summed E-state index contributed by atoms with van der Waals surface area (Å²) in [6.45, 7) is 3.97. The Kier molecular flexibility index (Phi) is 4.63. The first-order valence-electron chi connectivity index (χ1n) is 6.23. The fourth-order valence-corrected chi connectivity index (χ4v) is 2.79. The van der Waals surface area contributed by atoms with E-state index >= 15 is 0 Å². The number of amidine groups is 1. The van der Waals surface area contributed by atoms with Crippen LogP contribution in [0.3, 0.4) is 0 Å². The van der Waals surface area contributed by atoms with E-state index in [1.807, 2.05) is 13.0 Å². The van der Waals surface area contributed by atoms with E-state index in [1.165, 1.54) is 11.1 Å². The number of hydrogen-bond acceptors (Lipinski definition) is 4. The second-order valence-corrected chi connectivity index (χ2v) is 5.59. The summed E-state index contributed by atoms with van der Waals surface area (Å²) in [4.78, 5) is 4.46. The zero-order valence-corrected chi connectivity index (χ0v) is 12.3. The molecule has 1 aromatic carbocycles. The molecule has 0 saturated carbocycles. The van der Waals surface area contributed by atoms with Crippen LogP contribution in [0.25, 0.3) is 0 Å². The van der Waals surface area contributed by atoms with Gasteiger partial charge in [-0.3, -0.25) is 0 Å². The summed E-state index contributed by atoms with van der Waals surface area (Å²) in [5.41, 5.74) is 9.66. The Labute approximate surface area is 122 Å². The van der Waals surface area contributed by atoms with Gasteiger partial charge in [0.2, 0.25) is 0 Å². The van der Waals surface area contributed by atoms with Gasteiger partial charge in [0.15, 0.2) is 5.84 Å².